The van der Waals surface area contributed by atoms with E-state index in [4.69, 9.17) is 0 Å². The van der Waals surface area contributed by atoms with Gasteiger partial charge in [-0.25, -0.2) is 9.97 Å². The highest BCUT2D eigenvalue weighted by Gasteiger charge is 2.31. The van der Waals surface area contributed by atoms with Crippen LogP contribution >= 0.6 is 0 Å². The van der Waals surface area contributed by atoms with Gasteiger partial charge < -0.3 is 20.1 Å². The Bertz CT molecular complexity index is 1450. The molecule has 0 aliphatic carbocycles. The minimum absolute atomic E-state index is 0.0782. The highest BCUT2D eigenvalue weighted by Crippen LogP contribution is 2.30. The zero-order valence-electron chi connectivity index (χ0n) is 18.8. The maximum atomic E-state index is 13.4. The molecule has 3 heterocycles. The van der Waals surface area contributed by atoms with Gasteiger partial charge in [0.2, 0.25) is 0 Å². The number of benzene rings is 1. The van der Waals surface area contributed by atoms with E-state index in [9.17, 15) is 33.0 Å². The van der Waals surface area contributed by atoms with Crippen LogP contribution in [0.5, 0.6) is 0 Å². The number of aliphatic hydroxyl groups excluding tert-OH is 2. The normalized spacial score (nSPS) is 12.1. The smallest absolute Gasteiger partial charge is 0.394 e. The molecule has 1 aromatic carbocycles. The van der Waals surface area contributed by atoms with Gasteiger partial charge in [0.1, 0.15) is 12.0 Å². The van der Waals surface area contributed by atoms with Crippen molar-refractivity contribution in [2.45, 2.75) is 18.6 Å². The molecule has 4 aromatic rings. The van der Waals surface area contributed by atoms with Gasteiger partial charge in [-0.3, -0.25) is 14.6 Å². The molecular formula is C24H20F3N5O4. The second-order valence-electron chi connectivity index (χ2n) is 8.31. The second kappa shape index (κ2) is 9.47. The summed E-state index contributed by atoms with van der Waals surface area (Å²) in [5.41, 5.74) is -1.66. The molecule has 0 atom stereocenters. The molecule has 0 radical (unpaired) electrons. The van der Waals surface area contributed by atoms with E-state index in [-0.39, 0.29) is 22.4 Å². The number of amides is 1. The number of halogens is 3. The summed E-state index contributed by atoms with van der Waals surface area (Å²) in [4.78, 5) is 38.0. The summed E-state index contributed by atoms with van der Waals surface area (Å²) >= 11 is 0. The number of aromatic nitrogens is 4. The maximum absolute atomic E-state index is 13.4. The van der Waals surface area contributed by atoms with E-state index >= 15 is 0 Å². The van der Waals surface area contributed by atoms with Crippen molar-refractivity contribution in [1.29, 1.82) is 0 Å². The first-order valence-corrected chi connectivity index (χ1v) is 10.6. The summed E-state index contributed by atoms with van der Waals surface area (Å²) in [5.74, 6) is -1.31. The molecule has 0 aliphatic heterocycles. The zero-order valence-corrected chi connectivity index (χ0v) is 18.8. The van der Waals surface area contributed by atoms with E-state index in [1.54, 1.807) is 6.92 Å². The van der Waals surface area contributed by atoms with E-state index in [1.165, 1.54) is 47.8 Å². The molecule has 12 heteroatoms. The van der Waals surface area contributed by atoms with Crippen molar-refractivity contribution < 1.29 is 33.0 Å². The van der Waals surface area contributed by atoms with Gasteiger partial charge in [-0.05, 0) is 31.2 Å². The fourth-order valence-corrected chi connectivity index (χ4v) is 3.59. The number of alkyl halides is 3. The molecule has 36 heavy (non-hydrogen) atoms. The van der Waals surface area contributed by atoms with Gasteiger partial charge in [-0.1, -0.05) is 6.07 Å². The average molecular weight is 499 g/mol. The lowest BCUT2D eigenvalue weighted by atomic mass is 10.0. The summed E-state index contributed by atoms with van der Waals surface area (Å²) in [7, 11) is 0. The molecule has 0 fully saturated rings. The monoisotopic (exact) mass is 499 g/mol. The van der Waals surface area contributed by atoms with Crippen molar-refractivity contribution >= 4 is 28.4 Å². The molecule has 0 saturated heterocycles. The number of hydrogen-bond donors (Lipinski definition) is 3. The second-order valence-corrected chi connectivity index (χ2v) is 8.31. The number of nitrogens with one attached hydrogen (secondary N) is 1. The summed E-state index contributed by atoms with van der Waals surface area (Å²) < 4.78 is 40.4. The van der Waals surface area contributed by atoms with E-state index in [0.29, 0.717) is 11.0 Å². The molecule has 3 aromatic heterocycles. The van der Waals surface area contributed by atoms with Crippen molar-refractivity contribution in [3.8, 4) is 0 Å². The number of carbonyl (C=O) groups excluding carboxylic acids is 2. The topological polar surface area (TPSA) is 130 Å². The summed E-state index contributed by atoms with van der Waals surface area (Å²) in [6, 6.07) is 5.29. The fourth-order valence-electron chi connectivity index (χ4n) is 3.59. The quantitative estimate of drug-likeness (QED) is 0.333. The van der Waals surface area contributed by atoms with Crippen LogP contribution < -0.4 is 5.32 Å². The van der Waals surface area contributed by atoms with Gasteiger partial charge in [-0.2, -0.15) is 13.2 Å². The molecule has 3 N–H and O–H groups in total. The number of fused-ring (bicyclic) bond motifs is 1. The van der Waals surface area contributed by atoms with E-state index < -0.39 is 42.2 Å². The number of pyridine rings is 1. The van der Waals surface area contributed by atoms with Crippen LogP contribution in [0.15, 0.2) is 61.4 Å². The molecule has 0 bridgehead atoms. The van der Waals surface area contributed by atoms with Crippen LogP contribution in [-0.4, -0.2) is 54.6 Å². The molecular weight excluding hydrogens is 479 g/mol. The Labute approximate surface area is 202 Å². The van der Waals surface area contributed by atoms with Gasteiger partial charge >= 0.3 is 6.18 Å². The Morgan fingerprint density at radius 1 is 1.03 bits per heavy atom. The van der Waals surface area contributed by atoms with Crippen molar-refractivity contribution in [3.63, 3.8) is 0 Å². The third-order valence-corrected chi connectivity index (χ3v) is 5.69. The lowest BCUT2D eigenvalue weighted by molar-refractivity contribution is -0.137. The summed E-state index contributed by atoms with van der Waals surface area (Å²) in [5, 5.41) is 22.5. The lowest BCUT2D eigenvalue weighted by Gasteiger charge is -2.27. The van der Waals surface area contributed by atoms with Gasteiger partial charge in [0, 0.05) is 35.1 Å². The minimum atomic E-state index is -4.60. The SMILES string of the molecule is CC(CO)(CO)n1cc(C(=O)c2cncc(NC(=O)c3cccc(C(F)(F)F)c3)c2)c2cncnc21. The predicted octanol–water partition coefficient (Wildman–Crippen LogP) is 3.03. The number of anilines is 1. The van der Waals surface area contributed by atoms with E-state index in [1.807, 2.05) is 0 Å². The highest BCUT2D eigenvalue weighted by atomic mass is 19.4. The van der Waals surface area contributed by atoms with Gasteiger partial charge in [0.15, 0.2) is 5.78 Å². The molecule has 0 aliphatic rings. The number of nitrogens with zero attached hydrogens (tertiary/aromatic N) is 4. The molecule has 9 nitrogen and oxygen atoms in total. The van der Waals surface area contributed by atoms with Gasteiger partial charge in [-0.15, -0.1) is 0 Å². The number of rotatable bonds is 7. The third-order valence-electron chi connectivity index (χ3n) is 5.69. The van der Waals surface area contributed by atoms with Crippen molar-refractivity contribution in [1.82, 2.24) is 19.5 Å². The first-order valence-electron chi connectivity index (χ1n) is 10.6. The van der Waals surface area contributed by atoms with Crippen LogP contribution in [0.25, 0.3) is 11.0 Å². The summed E-state index contributed by atoms with van der Waals surface area (Å²) in [6.07, 6.45) is 2.06. The predicted molar refractivity (Wildman–Crippen MR) is 122 cm³/mol. The Morgan fingerprint density at radius 2 is 1.78 bits per heavy atom. The minimum Gasteiger partial charge on any atom is -0.394 e. The zero-order chi connectivity index (χ0) is 26.1. The third kappa shape index (κ3) is 4.68. The molecule has 4 rings (SSSR count). The van der Waals surface area contributed by atoms with Crippen molar-refractivity contribution in [2.75, 3.05) is 18.5 Å². The van der Waals surface area contributed by atoms with Crippen LogP contribution in [-0.2, 0) is 11.7 Å². The first-order chi connectivity index (χ1) is 17.1. The fraction of sp³-hybridized carbons (Fsp3) is 0.208. The highest BCUT2D eigenvalue weighted by molar-refractivity contribution is 6.16. The molecule has 186 valence electrons. The molecule has 0 saturated carbocycles. The average Bonchev–Trinajstić information content (AvgIpc) is 3.28. The van der Waals surface area contributed by atoms with Crippen LogP contribution in [0.3, 0.4) is 0 Å². The van der Waals surface area contributed by atoms with Crippen LogP contribution in [0.4, 0.5) is 18.9 Å². The van der Waals surface area contributed by atoms with Crippen LogP contribution in [0.2, 0.25) is 0 Å². The van der Waals surface area contributed by atoms with E-state index in [2.05, 4.69) is 20.3 Å². The number of aliphatic hydroxyl groups is 2. The number of carbonyl (C=O) groups is 2. The Morgan fingerprint density at radius 3 is 2.47 bits per heavy atom. The largest absolute Gasteiger partial charge is 0.416 e. The van der Waals surface area contributed by atoms with Crippen molar-refractivity contribution in [2.24, 2.45) is 0 Å². The number of ketones is 1. The van der Waals surface area contributed by atoms with Crippen LogP contribution in [0, 0.1) is 0 Å². The van der Waals surface area contributed by atoms with Gasteiger partial charge in [0.05, 0.1) is 41.8 Å². The van der Waals surface area contributed by atoms with E-state index in [0.717, 1.165) is 18.2 Å². The standard InChI is InChI=1S/C24H20F3N5O4/c1-23(11-33,12-34)32-10-19(18-9-29-13-30-21(18)32)20(35)15-6-17(8-28-7-15)31-22(36)14-3-2-4-16(5-14)24(25,26)27/h2-10,13,33-34H,11-12H2,1H3,(H,31,36). The first kappa shape index (κ1) is 24.9. The lowest BCUT2D eigenvalue weighted by Crippen LogP contribution is -2.37. The number of hydrogen-bond acceptors (Lipinski definition) is 7. The van der Waals surface area contributed by atoms with Crippen LogP contribution in [0.1, 0.15) is 38.8 Å². The Kier molecular flexibility index (Phi) is 6.57. The summed E-state index contributed by atoms with van der Waals surface area (Å²) in [6.45, 7) is 0.737. The molecule has 0 unspecified atom stereocenters. The molecule has 0 spiro atoms. The Hall–Kier alpha value is -4.16. The van der Waals surface area contributed by atoms with Crippen molar-refractivity contribution in [3.05, 3.63) is 83.7 Å². The Balaban J connectivity index is 1.66. The maximum Gasteiger partial charge on any atom is 0.416 e. The van der Waals surface area contributed by atoms with Gasteiger partial charge in [0.25, 0.3) is 5.91 Å². The molecule has 1 amide bonds.